The van der Waals surface area contributed by atoms with Crippen molar-refractivity contribution in [2.75, 3.05) is 18.2 Å². The lowest BCUT2D eigenvalue weighted by molar-refractivity contribution is 0.100. The van der Waals surface area contributed by atoms with Gasteiger partial charge in [-0.3, -0.25) is 4.79 Å². The lowest BCUT2D eigenvalue weighted by Gasteiger charge is -2.12. The molecule has 0 spiro atoms. The van der Waals surface area contributed by atoms with Crippen LogP contribution in [0.5, 0.6) is 0 Å². The number of para-hydroxylation sites is 1. The maximum atomic E-state index is 11.3. The third-order valence-corrected chi connectivity index (χ3v) is 2.91. The molecule has 2 aromatic rings. The van der Waals surface area contributed by atoms with E-state index in [2.05, 4.69) is 5.32 Å². The molecule has 20 heavy (non-hydrogen) atoms. The third-order valence-electron chi connectivity index (χ3n) is 2.91. The van der Waals surface area contributed by atoms with Crippen molar-refractivity contribution in [1.29, 1.82) is 0 Å². The Morgan fingerprint density at radius 1 is 1.25 bits per heavy atom. The maximum absolute atomic E-state index is 11.3. The first-order chi connectivity index (χ1) is 9.61. The molecule has 0 bridgehead atoms. The number of carbonyl (C=O) groups is 1. The van der Waals surface area contributed by atoms with Gasteiger partial charge in [0.25, 0.3) is 5.91 Å². The zero-order chi connectivity index (χ0) is 14.5. The molecular formula is C15H17N3O2. The van der Waals surface area contributed by atoms with Gasteiger partial charge in [0, 0.05) is 29.7 Å². The molecule has 5 nitrogen and oxygen atoms in total. The highest BCUT2D eigenvalue weighted by Gasteiger charge is 2.08. The zero-order valence-corrected chi connectivity index (χ0v) is 11.2. The molecule has 0 saturated heterocycles. The molecule has 0 atom stereocenters. The second-order valence-electron chi connectivity index (χ2n) is 4.38. The average molecular weight is 271 g/mol. The van der Waals surface area contributed by atoms with E-state index in [9.17, 15) is 4.79 Å². The number of methoxy groups -OCH3 is 1. The van der Waals surface area contributed by atoms with Crippen molar-refractivity contribution in [2.24, 2.45) is 5.73 Å². The van der Waals surface area contributed by atoms with Crippen LogP contribution in [0.4, 0.5) is 17.1 Å². The van der Waals surface area contributed by atoms with Gasteiger partial charge in [0.15, 0.2) is 0 Å². The predicted octanol–water partition coefficient (Wildman–Crippen LogP) is 2.26. The van der Waals surface area contributed by atoms with E-state index in [1.807, 2.05) is 24.3 Å². The summed E-state index contributed by atoms with van der Waals surface area (Å²) in [5, 5.41) is 3.24. The lowest BCUT2D eigenvalue weighted by atomic mass is 10.1. The molecule has 0 heterocycles. The molecule has 1 amide bonds. The smallest absolute Gasteiger partial charge is 0.250 e. The number of nitrogens with two attached hydrogens (primary N) is 2. The molecule has 0 unspecified atom stereocenters. The highest BCUT2D eigenvalue weighted by molar-refractivity contribution is 5.99. The summed E-state index contributed by atoms with van der Waals surface area (Å²) in [5.74, 6) is -0.545. The Balaban J connectivity index is 2.31. The van der Waals surface area contributed by atoms with Crippen LogP contribution in [0.1, 0.15) is 15.9 Å². The van der Waals surface area contributed by atoms with Crippen molar-refractivity contribution in [3.63, 3.8) is 0 Å². The van der Waals surface area contributed by atoms with Crippen LogP contribution in [0.15, 0.2) is 42.5 Å². The minimum absolute atomic E-state index is 0.305. The molecule has 0 aliphatic rings. The Labute approximate surface area is 117 Å². The molecule has 2 aromatic carbocycles. The number of hydrogen-bond donors (Lipinski definition) is 3. The number of benzene rings is 2. The molecule has 5 heteroatoms. The largest absolute Gasteiger partial charge is 0.398 e. The number of rotatable bonds is 5. The van der Waals surface area contributed by atoms with Crippen LogP contribution >= 0.6 is 0 Å². The SMILES string of the molecule is COCc1ccccc1Nc1ccc(N)c(C(N)=O)c1. The summed E-state index contributed by atoms with van der Waals surface area (Å²) in [7, 11) is 1.64. The van der Waals surface area contributed by atoms with Gasteiger partial charge in [-0.25, -0.2) is 0 Å². The van der Waals surface area contributed by atoms with Crippen LogP contribution in [0.2, 0.25) is 0 Å². The molecule has 5 N–H and O–H groups in total. The monoisotopic (exact) mass is 271 g/mol. The van der Waals surface area contributed by atoms with Crippen LogP contribution in [0.25, 0.3) is 0 Å². The van der Waals surface area contributed by atoms with Gasteiger partial charge in [0.2, 0.25) is 0 Å². The molecule has 104 valence electrons. The van der Waals surface area contributed by atoms with E-state index in [4.69, 9.17) is 16.2 Å². The van der Waals surface area contributed by atoms with Crippen LogP contribution in [0.3, 0.4) is 0 Å². The van der Waals surface area contributed by atoms with Crippen molar-refractivity contribution in [1.82, 2.24) is 0 Å². The van der Waals surface area contributed by atoms with E-state index in [0.717, 1.165) is 16.9 Å². The number of amides is 1. The van der Waals surface area contributed by atoms with Crippen molar-refractivity contribution in [2.45, 2.75) is 6.61 Å². The summed E-state index contributed by atoms with van der Waals surface area (Å²) in [4.78, 5) is 11.3. The van der Waals surface area contributed by atoms with E-state index < -0.39 is 5.91 Å². The predicted molar refractivity (Wildman–Crippen MR) is 79.8 cm³/mol. The van der Waals surface area contributed by atoms with Gasteiger partial charge < -0.3 is 21.5 Å². The summed E-state index contributed by atoms with van der Waals surface area (Å²) >= 11 is 0. The van der Waals surface area contributed by atoms with Crippen LogP contribution in [0, 0.1) is 0 Å². The Kier molecular flexibility index (Phi) is 4.22. The molecule has 0 aromatic heterocycles. The number of nitrogens with one attached hydrogen (secondary N) is 1. The molecular weight excluding hydrogens is 254 g/mol. The fourth-order valence-electron chi connectivity index (χ4n) is 1.93. The lowest BCUT2D eigenvalue weighted by Crippen LogP contribution is -2.13. The summed E-state index contributed by atoms with van der Waals surface area (Å²) in [5.41, 5.74) is 14.4. The van der Waals surface area contributed by atoms with Crippen LogP contribution in [-0.4, -0.2) is 13.0 Å². The minimum atomic E-state index is -0.545. The van der Waals surface area contributed by atoms with Crippen molar-refractivity contribution >= 4 is 23.0 Å². The normalized spacial score (nSPS) is 10.2. The average Bonchev–Trinajstić information content (AvgIpc) is 2.43. The van der Waals surface area contributed by atoms with E-state index in [0.29, 0.717) is 17.9 Å². The Hall–Kier alpha value is -2.53. The van der Waals surface area contributed by atoms with Gasteiger partial charge in [-0.15, -0.1) is 0 Å². The fraction of sp³-hybridized carbons (Fsp3) is 0.133. The first-order valence-corrected chi connectivity index (χ1v) is 6.15. The Morgan fingerprint density at radius 3 is 2.70 bits per heavy atom. The first-order valence-electron chi connectivity index (χ1n) is 6.15. The second kappa shape index (κ2) is 6.08. The summed E-state index contributed by atoms with van der Waals surface area (Å²) in [6.45, 7) is 0.501. The molecule has 0 radical (unpaired) electrons. The molecule has 2 rings (SSSR count). The quantitative estimate of drug-likeness (QED) is 0.727. The van der Waals surface area contributed by atoms with Gasteiger partial charge >= 0.3 is 0 Å². The highest BCUT2D eigenvalue weighted by Crippen LogP contribution is 2.24. The number of carbonyl (C=O) groups excluding carboxylic acids is 1. The Bertz CT molecular complexity index is 626. The van der Waals surface area contributed by atoms with Crippen LogP contribution in [-0.2, 0) is 11.3 Å². The zero-order valence-electron chi connectivity index (χ0n) is 11.2. The summed E-state index contributed by atoms with van der Waals surface area (Å²) < 4.78 is 5.15. The number of anilines is 3. The summed E-state index contributed by atoms with van der Waals surface area (Å²) in [6, 6.07) is 12.9. The number of primary amides is 1. The van der Waals surface area contributed by atoms with E-state index >= 15 is 0 Å². The molecule has 0 fully saturated rings. The van der Waals surface area contributed by atoms with Gasteiger partial charge in [-0.1, -0.05) is 18.2 Å². The first kappa shape index (κ1) is 13.9. The fourth-order valence-corrected chi connectivity index (χ4v) is 1.93. The van der Waals surface area contributed by atoms with Crippen molar-refractivity contribution in [3.8, 4) is 0 Å². The summed E-state index contributed by atoms with van der Waals surface area (Å²) in [6.07, 6.45) is 0. The van der Waals surface area contributed by atoms with E-state index in [1.54, 1.807) is 25.3 Å². The minimum Gasteiger partial charge on any atom is -0.398 e. The topological polar surface area (TPSA) is 90.4 Å². The maximum Gasteiger partial charge on any atom is 0.250 e. The van der Waals surface area contributed by atoms with E-state index in [-0.39, 0.29) is 0 Å². The molecule has 0 aliphatic carbocycles. The molecule has 0 aliphatic heterocycles. The third kappa shape index (κ3) is 3.07. The molecule has 0 saturated carbocycles. The standard InChI is InChI=1S/C15H17N3O2/c1-20-9-10-4-2-3-5-14(10)18-11-6-7-13(16)12(8-11)15(17)19/h2-8,18H,9,16H2,1H3,(H2,17,19). The van der Waals surface area contributed by atoms with Gasteiger partial charge in [0.05, 0.1) is 12.2 Å². The van der Waals surface area contributed by atoms with Gasteiger partial charge in [-0.2, -0.15) is 0 Å². The number of hydrogen-bond acceptors (Lipinski definition) is 4. The highest BCUT2D eigenvalue weighted by atomic mass is 16.5. The van der Waals surface area contributed by atoms with Crippen LogP contribution < -0.4 is 16.8 Å². The van der Waals surface area contributed by atoms with Crippen molar-refractivity contribution < 1.29 is 9.53 Å². The number of nitrogen functional groups attached to an aromatic ring is 1. The van der Waals surface area contributed by atoms with E-state index in [1.165, 1.54) is 0 Å². The van der Waals surface area contributed by atoms with Crippen molar-refractivity contribution in [3.05, 3.63) is 53.6 Å². The van der Waals surface area contributed by atoms with Gasteiger partial charge in [-0.05, 0) is 24.3 Å². The Morgan fingerprint density at radius 2 is 2.00 bits per heavy atom. The second-order valence-corrected chi connectivity index (χ2v) is 4.38. The van der Waals surface area contributed by atoms with Gasteiger partial charge in [0.1, 0.15) is 0 Å². The number of ether oxygens (including phenoxy) is 1.